The molecular formula is C17H14F2N4O. The minimum Gasteiger partial charge on any atom is -0.348 e. The number of aromatic nitrogens is 3. The second-order valence-corrected chi connectivity index (χ2v) is 5.17. The van der Waals surface area contributed by atoms with E-state index in [1.54, 1.807) is 11.0 Å². The standard InChI is InChI=1S/C17H14F2N4O/c18-14-5-6-15(16(19)7-14)17(24)21-8-12-3-1-2-4-13(12)9-23-11-20-10-22-23/h1-7,10-11H,8-9H2,(H,21,24). The van der Waals surface area contributed by atoms with Crippen LogP contribution in [0.4, 0.5) is 8.78 Å². The smallest absolute Gasteiger partial charge is 0.254 e. The average Bonchev–Trinajstić information content (AvgIpc) is 3.07. The van der Waals surface area contributed by atoms with Crippen LogP contribution in [0.2, 0.25) is 0 Å². The van der Waals surface area contributed by atoms with Crippen LogP contribution in [0, 0.1) is 11.6 Å². The molecule has 0 bridgehead atoms. The number of carbonyl (C=O) groups is 1. The highest BCUT2D eigenvalue weighted by atomic mass is 19.1. The minimum atomic E-state index is -0.886. The lowest BCUT2D eigenvalue weighted by molar-refractivity contribution is 0.0946. The topological polar surface area (TPSA) is 59.8 Å². The van der Waals surface area contributed by atoms with Crippen LogP contribution in [0.3, 0.4) is 0 Å². The summed E-state index contributed by atoms with van der Waals surface area (Å²) < 4.78 is 28.2. The Hall–Kier alpha value is -3.09. The van der Waals surface area contributed by atoms with Crippen molar-refractivity contribution < 1.29 is 13.6 Å². The third-order valence-corrected chi connectivity index (χ3v) is 3.53. The van der Waals surface area contributed by atoms with Crippen molar-refractivity contribution in [3.8, 4) is 0 Å². The van der Waals surface area contributed by atoms with E-state index >= 15 is 0 Å². The van der Waals surface area contributed by atoms with Gasteiger partial charge in [0.1, 0.15) is 24.3 Å². The molecule has 1 N–H and O–H groups in total. The molecule has 0 spiro atoms. The van der Waals surface area contributed by atoms with Crippen molar-refractivity contribution in [1.29, 1.82) is 0 Å². The van der Waals surface area contributed by atoms with Crippen LogP contribution >= 0.6 is 0 Å². The highest BCUT2D eigenvalue weighted by Gasteiger charge is 2.13. The van der Waals surface area contributed by atoms with Gasteiger partial charge < -0.3 is 5.32 Å². The monoisotopic (exact) mass is 328 g/mol. The molecule has 24 heavy (non-hydrogen) atoms. The number of rotatable bonds is 5. The quantitative estimate of drug-likeness (QED) is 0.783. The second-order valence-electron chi connectivity index (χ2n) is 5.17. The highest BCUT2D eigenvalue weighted by Crippen LogP contribution is 2.12. The molecule has 0 saturated heterocycles. The first kappa shape index (κ1) is 15.8. The minimum absolute atomic E-state index is 0.190. The Bertz CT molecular complexity index is 850. The van der Waals surface area contributed by atoms with E-state index in [0.717, 1.165) is 23.3 Å². The zero-order valence-corrected chi connectivity index (χ0v) is 12.6. The predicted molar refractivity (Wildman–Crippen MR) is 83.1 cm³/mol. The maximum absolute atomic E-state index is 13.6. The molecule has 7 heteroatoms. The van der Waals surface area contributed by atoms with Gasteiger partial charge in [-0.2, -0.15) is 5.10 Å². The number of hydrogen-bond acceptors (Lipinski definition) is 3. The predicted octanol–water partition coefficient (Wildman–Crippen LogP) is 2.53. The summed E-state index contributed by atoms with van der Waals surface area (Å²) in [6, 6.07) is 10.4. The third kappa shape index (κ3) is 3.62. The van der Waals surface area contributed by atoms with Crippen molar-refractivity contribution in [3.05, 3.63) is 83.4 Å². The van der Waals surface area contributed by atoms with E-state index in [0.29, 0.717) is 12.6 Å². The number of hydrogen-bond donors (Lipinski definition) is 1. The molecule has 1 aromatic heterocycles. The van der Waals surface area contributed by atoms with Crippen molar-refractivity contribution in [2.45, 2.75) is 13.1 Å². The zero-order valence-electron chi connectivity index (χ0n) is 12.6. The summed E-state index contributed by atoms with van der Waals surface area (Å²) in [5.74, 6) is -2.20. The van der Waals surface area contributed by atoms with Crippen LogP contribution in [0.15, 0.2) is 55.1 Å². The van der Waals surface area contributed by atoms with Gasteiger partial charge in [-0.1, -0.05) is 24.3 Å². The Morgan fingerprint density at radius 3 is 2.62 bits per heavy atom. The van der Waals surface area contributed by atoms with Gasteiger partial charge >= 0.3 is 0 Å². The molecular weight excluding hydrogens is 314 g/mol. The molecule has 0 atom stereocenters. The molecule has 0 aliphatic rings. The van der Waals surface area contributed by atoms with Gasteiger partial charge in [-0.3, -0.25) is 4.79 Å². The van der Waals surface area contributed by atoms with Crippen molar-refractivity contribution in [3.63, 3.8) is 0 Å². The van der Waals surface area contributed by atoms with Crippen LogP contribution in [0.5, 0.6) is 0 Å². The summed E-state index contributed by atoms with van der Waals surface area (Å²) in [5, 5.41) is 6.70. The third-order valence-electron chi connectivity index (χ3n) is 3.53. The van der Waals surface area contributed by atoms with Gasteiger partial charge in [0.05, 0.1) is 12.1 Å². The normalized spacial score (nSPS) is 10.6. The first-order valence-corrected chi connectivity index (χ1v) is 7.26. The fourth-order valence-electron chi connectivity index (χ4n) is 2.32. The number of nitrogens with one attached hydrogen (secondary N) is 1. The van der Waals surface area contributed by atoms with Gasteiger partial charge in [0.15, 0.2) is 0 Å². The maximum atomic E-state index is 13.6. The van der Waals surface area contributed by atoms with E-state index in [4.69, 9.17) is 0 Å². The van der Waals surface area contributed by atoms with Crippen LogP contribution in [0.25, 0.3) is 0 Å². The molecule has 0 radical (unpaired) electrons. The molecule has 1 amide bonds. The van der Waals surface area contributed by atoms with Crippen LogP contribution < -0.4 is 5.32 Å². The van der Waals surface area contributed by atoms with E-state index in [-0.39, 0.29) is 12.1 Å². The number of amides is 1. The van der Waals surface area contributed by atoms with Crippen molar-refractivity contribution in [1.82, 2.24) is 20.1 Å². The summed E-state index contributed by atoms with van der Waals surface area (Å²) in [6.07, 6.45) is 3.05. The Morgan fingerprint density at radius 1 is 1.12 bits per heavy atom. The van der Waals surface area contributed by atoms with E-state index in [1.165, 1.54) is 6.33 Å². The van der Waals surface area contributed by atoms with E-state index in [2.05, 4.69) is 15.4 Å². The summed E-state index contributed by atoms with van der Waals surface area (Å²) in [5.41, 5.74) is 1.65. The molecule has 1 heterocycles. The van der Waals surface area contributed by atoms with E-state index in [9.17, 15) is 13.6 Å². The number of benzene rings is 2. The summed E-state index contributed by atoms with van der Waals surface area (Å²) >= 11 is 0. The zero-order chi connectivity index (χ0) is 16.9. The number of nitrogens with zero attached hydrogens (tertiary/aromatic N) is 3. The first-order valence-electron chi connectivity index (χ1n) is 7.26. The van der Waals surface area contributed by atoms with Gasteiger partial charge in [-0.05, 0) is 23.3 Å². The first-order chi connectivity index (χ1) is 11.6. The lowest BCUT2D eigenvalue weighted by atomic mass is 10.1. The van der Waals surface area contributed by atoms with Crippen molar-refractivity contribution in [2.24, 2.45) is 0 Å². The van der Waals surface area contributed by atoms with Crippen LogP contribution in [0.1, 0.15) is 21.5 Å². The van der Waals surface area contributed by atoms with Gasteiger partial charge in [0.25, 0.3) is 5.91 Å². The average molecular weight is 328 g/mol. The summed E-state index contributed by atoms with van der Waals surface area (Å²) in [4.78, 5) is 16.0. The van der Waals surface area contributed by atoms with Gasteiger partial charge in [0, 0.05) is 12.6 Å². The SMILES string of the molecule is O=C(NCc1ccccc1Cn1cncn1)c1ccc(F)cc1F. The lowest BCUT2D eigenvalue weighted by Gasteiger charge is -2.11. The molecule has 2 aromatic carbocycles. The molecule has 122 valence electrons. The Morgan fingerprint density at radius 2 is 1.92 bits per heavy atom. The lowest BCUT2D eigenvalue weighted by Crippen LogP contribution is -2.24. The Balaban J connectivity index is 1.71. The molecule has 3 aromatic rings. The van der Waals surface area contributed by atoms with Gasteiger partial charge in [-0.15, -0.1) is 0 Å². The van der Waals surface area contributed by atoms with E-state index in [1.807, 2.05) is 24.3 Å². The van der Waals surface area contributed by atoms with Crippen LogP contribution in [-0.2, 0) is 13.1 Å². The molecule has 0 saturated carbocycles. The molecule has 0 unspecified atom stereocenters. The van der Waals surface area contributed by atoms with E-state index < -0.39 is 17.5 Å². The molecule has 3 rings (SSSR count). The highest BCUT2D eigenvalue weighted by molar-refractivity contribution is 5.94. The Kier molecular flexibility index (Phi) is 4.60. The second kappa shape index (κ2) is 6.99. The fraction of sp³-hybridized carbons (Fsp3) is 0.118. The fourth-order valence-corrected chi connectivity index (χ4v) is 2.32. The summed E-state index contributed by atoms with van der Waals surface area (Å²) in [7, 11) is 0. The molecule has 5 nitrogen and oxygen atoms in total. The van der Waals surface area contributed by atoms with Crippen molar-refractivity contribution in [2.75, 3.05) is 0 Å². The van der Waals surface area contributed by atoms with Gasteiger partial charge in [-0.25, -0.2) is 18.4 Å². The maximum Gasteiger partial charge on any atom is 0.254 e. The largest absolute Gasteiger partial charge is 0.348 e. The molecule has 0 aliphatic carbocycles. The van der Waals surface area contributed by atoms with Crippen LogP contribution in [-0.4, -0.2) is 20.7 Å². The molecule has 0 fully saturated rings. The Labute approximate surface area is 137 Å². The summed E-state index contributed by atoms with van der Waals surface area (Å²) in [6.45, 7) is 0.734. The van der Waals surface area contributed by atoms with Gasteiger partial charge in [0.2, 0.25) is 0 Å². The number of carbonyl (C=O) groups excluding carboxylic acids is 1. The van der Waals surface area contributed by atoms with Crippen molar-refractivity contribution >= 4 is 5.91 Å². The molecule has 0 aliphatic heterocycles. The number of halogens is 2.